The van der Waals surface area contributed by atoms with Crippen molar-refractivity contribution in [3.63, 3.8) is 0 Å². The van der Waals surface area contributed by atoms with Crippen LogP contribution in [0.1, 0.15) is 43.1 Å². The van der Waals surface area contributed by atoms with Crippen molar-refractivity contribution in [3.05, 3.63) is 65.7 Å². The summed E-state index contributed by atoms with van der Waals surface area (Å²) in [7, 11) is 1.74. The Morgan fingerprint density at radius 2 is 1.65 bits per heavy atom. The Labute approximate surface area is 215 Å². The molecule has 1 saturated heterocycles. The summed E-state index contributed by atoms with van der Waals surface area (Å²) in [6.45, 7) is 7.92. The molecule has 37 heavy (non-hydrogen) atoms. The molecule has 0 radical (unpaired) electrons. The predicted octanol–water partition coefficient (Wildman–Crippen LogP) is 4.70. The molecule has 3 rings (SSSR count). The molecule has 0 aliphatic carbocycles. The van der Waals surface area contributed by atoms with Gasteiger partial charge in [-0.1, -0.05) is 51.1 Å². The highest BCUT2D eigenvalue weighted by Gasteiger charge is 2.40. The molecule has 7 nitrogen and oxygen atoms in total. The summed E-state index contributed by atoms with van der Waals surface area (Å²) >= 11 is 0. The van der Waals surface area contributed by atoms with Crippen LogP contribution in [0, 0.1) is 5.41 Å². The number of likely N-dealkylation sites (N-methyl/N-ethyl adjacent to an activating group) is 1. The highest BCUT2D eigenvalue weighted by Crippen LogP contribution is 2.25. The summed E-state index contributed by atoms with van der Waals surface area (Å²) in [5.41, 5.74) is 0.269. The fraction of sp³-hybridized carbons (Fsp3) is 0.444. The standard InChI is InChI=1S/C27H33F3N4O3/c1-26(2,3)22(32-25(37)31-20-12-10-19(11-13-20)23(35)27(28,29)30)24(36)33(4)21-14-15-34(17-21)16-18-8-6-5-7-9-18/h5-13,21-22H,14-17H2,1-4H3,(H2,31,32,37)/t21-,22+/m0/s1. The molecule has 0 aromatic heterocycles. The minimum absolute atomic E-state index is 0.00429. The zero-order valence-electron chi connectivity index (χ0n) is 21.4. The van der Waals surface area contributed by atoms with E-state index in [9.17, 15) is 27.6 Å². The fourth-order valence-electron chi connectivity index (χ4n) is 4.31. The van der Waals surface area contributed by atoms with Crippen LogP contribution in [0.15, 0.2) is 54.6 Å². The van der Waals surface area contributed by atoms with Gasteiger partial charge < -0.3 is 15.5 Å². The number of urea groups is 1. The molecular weight excluding hydrogens is 485 g/mol. The largest absolute Gasteiger partial charge is 0.454 e. The van der Waals surface area contributed by atoms with Crippen LogP contribution in [-0.2, 0) is 11.3 Å². The predicted molar refractivity (Wildman–Crippen MR) is 135 cm³/mol. The zero-order chi connectivity index (χ0) is 27.4. The first-order valence-corrected chi connectivity index (χ1v) is 12.1. The molecule has 1 aliphatic rings. The van der Waals surface area contributed by atoms with Crippen molar-refractivity contribution < 1.29 is 27.6 Å². The lowest BCUT2D eigenvalue weighted by Crippen LogP contribution is -2.56. The van der Waals surface area contributed by atoms with E-state index in [-0.39, 0.29) is 17.6 Å². The average molecular weight is 519 g/mol. The molecule has 1 fully saturated rings. The molecule has 1 heterocycles. The number of anilines is 1. The summed E-state index contributed by atoms with van der Waals surface area (Å²) in [5, 5.41) is 5.25. The van der Waals surface area contributed by atoms with Crippen LogP contribution in [0.25, 0.3) is 0 Å². The van der Waals surface area contributed by atoms with Gasteiger partial charge in [-0.05, 0) is 41.7 Å². The Bertz CT molecular complexity index is 1100. The SMILES string of the molecule is CN(C(=O)[C@@H](NC(=O)Nc1ccc(C(=O)C(F)(F)F)cc1)C(C)(C)C)[C@H]1CCN(Cc2ccccc2)C1. The summed E-state index contributed by atoms with van der Waals surface area (Å²) in [5.74, 6) is -2.18. The molecule has 2 aromatic rings. The third-order valence-corrected chi connectivity index (χ3v) is 6.44. The molecule has 0 unspecified atom stereocenters. The van der Waals surface area contributed by atoms with Crippen molar-refractivity contribution in [2.24, 2.45) is 5.41 Å². The van der Waals surface area contributed by atoms with Crippen LogP contribution in [0.2, 0.25) is 0 Å². The summed E-state index contributed by atoms with van der Waals surface area (Å²) in [6.07, 6.45) is -4.16. The van der Waals surface area contributed by atoms with Crippen LogP contribution in [0.3, 0.4) is 0 Å². The molecule has 0 saturated carbocycles. The van der Waals surface area contributed by atoms with E-state index < -0.39 is 35.0 Å². The maximum absolute atomic E-state index is 13.5. The number of rotatable bonds is 7. The van der Waals surface area contributed by atoms with Gasteiger partial charge in [-0.3, -0.25) is 14.5 Å². The molecule has 2 aromatic carbocycles. The zero-order valence-corrected chi connectivity index (χ0v) is 21.4. The van der Waals surface area contributed by atoms with Crippen molar-refractivity contribution in [1.29, 1.82) is 0 Å². The Morgan fingerprint density at radius 1 is 1.03 bits per heavy atom. The second kappa shape index (κ2) is 11.3. The number of alkyl halides is 3. The lowest BCUT2D eigenvalue weighted by Gasteiger charge is -2.35. The number of halogens is 3. The highest BCUT2D eigenvalue weighted by atomic mass is 19.4. The van der Waals surface area contributed by atoms with E-state index in [0.717, 1.165) is 38.2 Å². The van der Waals surface area contributed by atoms with Gasteiger partial charge in [-0.25, -0.2) is 4.79 Å². The number of nitrogens with zero attached hydrogens (tertiary/aromatic N) is 2. The van der Waals surface area contributed by atoms with Crippen molar-refractivity contribution >= 4 is 23.4 Å². The van der Waals surface area contributed by atoms with Crippen LogP contribution >= 0.6 is 0 Å². The van der Waals surface area contributed by atoms with Gasteiger partial charge in [0.15, 0.2) is 0 Å². The van der Waals surface area contributed by atoms with Crippen molar-refractivity contribution in [3.8, 4) is 0 Å². The monoisotopic (exact) mass is 518 g/mol. The van der Waals surface area contributed by atoms with E-state index in [1.165, 1.54) is 17.7 Å². The van der Waals surface area contributed by atoms with E-state index >= 15 is 0 Å². The van der Waals surface area contributed by atoms with E-state index in [0.29, 0.717) is 0 Å². The number of ketones is 1. The summed E-state index contributed by atoms with van der Waals surface area (Å²) < 4.78 is 37.8. The third-order valence-electron chi connectivity index (χ3n) is 6.44. The first kappa shape index (κ1) is 28.2. The van der Waals surface area contributed by atoms with Crippen LogP contribution in [0.5, 0.6) is 0 Å². The molecule has 2 atom stereocenters. The van der Waals surface area contributed by atoms with Gasteiger partial charge in [0.05, 0.1) is 0 Å². The molecule has 0 bridgehead atoms. The van der Waals surface area contributed by atoms with Crippen LogP contribution in [0.4, 0.5) is 23.7 Å². The number of carbonyl (C=O) groups is 3. The minimum atomic E-state index is -4.98. The molecule has 0 spiro atoms. The van der Waals surface area contributed by atoms with Gasteiger partial charge in [0.25, 0.3) is 5.78 Å². The van der Waals surface area contributed by atoms with E-state index in [2.05, 4.69) is 27.7 Å². The van der Waals surface area contributed by atoms with Gasteiger partial charge in [0.1, 0.15) is 6.04 Å². The van der Waals surface area contributed by atoms with Crippen LogP contribution < -0.4 is 10.6 Å². The number of hydrogen-bond donors (Lipinski definition) is 2. The normalized spacial score (nSPS) is 17.2. The highest BCUT2D eigenvalue weighted by molar-refractivity contribution is 6.01. The number of Topliss-reactive ketones (excluding diaryl/α,β-unsaturated/α-hetero) is 1. The maximum Gasteiger partial charge on any atom is 0.454 e. The Kier molecular flexibility index (Phi) is 8.63. The molecule has 3 amide bonds. The molecule has 2 N–H and O–H groups in total. The lowest BCUT2D eigenvalue weighted by molar-refractivity contribution is -0.136. The summed E-state index contributed by atoms with van der Waals surface area (Å²) in [6, 6.07) is 13.0. The van der Waals surface area contributed by atoms with Crippen molar-refractivity contribution in [2.45, 2.75) is 52.0 Å². The average Bonchev–Trinajstić information content (AvgIpc) is 3.29. The number of amides is 3. The Morgan fingerprint density at radius 3 is 2.22 bits per heavy atom. The molecule has 200 valence electrons. The van der Waals surface area contributed by atoms with E-state index in [4.69, 9.17) is 0 Å². The molecular formula is C27H33F3N4O3. The number of nitrogens with one attached hydrogen (secondary N) is 2. The topological polar surface area (TPSA) is 81.8 Å². The van der Waals surface area contributed by atoms with E-state index in [1.54, 1.807) is 11.9 Å². The number of benzene rings is 2. The third kappa shape index (κ3) is 7.55. The smallest absolute Gasteiger partial charge is 0.340 e. The Hall–Kier alpha value is -3.40. The maximum atomic E-state index is 13.5. The Balaban J connectivity index is 1.61. The fourth-order valence-corrected chi connectivity index (χ4v) is 4.31. The molecule has 1 aliphatic heterocycles. The first-order chi connectivity index (χ1) is 17.3. The van der Waals surface area contributed by atoms with Gasteiger partial charge in [-0.2, -0.15) is 13.2 Å². The van der Waals surface area contributed by atoms with Crippen molar-refractivity contribution in [1.82, 2.24) is 15.1 Å². The van der Waals surface area contributed by atoms with Crippen LogP contribution in [-0.4, -0.2) is 65.9 Å². The second-order valence-electron chi connectivity index (χ2n) is 10.4. The van der Waals surface area contributed by atoms with Crippen molar-refractivity contribution in [2.75, 3.05) is 25.5 Å². The number of hydrogen-bond acceptors (Lipinski definition) is 4. The molecule has 10 heteroatoms. The lowest BCUT2D eigenvalue weighted by atomic mass is 9.85. The quantitative estimate of drug-likeness (QED) is 0.521. The van der Waals surface area contributed by atoms with Gasteiger partial charge in [0.2, 0.25) is 5.91 Å². The van der Waals surface area contributed by atoms with Gasteiger partial charge in [-0.15, -0.1) is 0 Å². The van der Waals surface area contributed by atoms with E-state index in [1.807, 2.05) is 39.0 Å². The summed E-state index contributed by atoms with van der Waals surface area (Å²) in [4.78, 5) is 41.5. The van der Waals surface area contributed by atoms with Gasteiger partial charge >= 0.3 is 12.2 Å². The first-order valence-electron chi connectivity index (χ1n) is 12.1. The second-order valence-corrected chi connectivity index (χ2v) is 10.4. The minimum Gasteiger partial charge on any atom is -0.340 e. The number of likely N-dealkylation sites (tertiary alicyclic amines) is 1. The number of carbonyl (C=O) groups excluding carboxylic acids is 3. The van der Waals surface area contributed by atoms with Gasteiger partial charge in [0, 0.05) is 44.0 Å².